The number of nitrogens with two attached hydrogens (primary N) is 1. The lowest BCUT2D eigenvalue weighted by Gasteiger charge is -2.25. The molecule has 0 aliphatic rings. The summed E-state index contributed by atoms with van der Waals surface area (Å²) in [6.45, 7) is 0. The van der Waals surface area contributed by atoms with E-state index in [1.54, 1.807) is 0 Å². The van der Waals surface area contributed by atoms with Gasteiger partial charge in [0, 0.05) is 0 Å². The number of aromatic nitrogens is 2. The third-order valence-electron chi connectivity index (χ3n) is 2.09. The number of anilines is 1. The van der Waals surface area contributed by atoms with E-state index in [0.717, 1.165) is 11.6 Å². The Hall–Kier alpha value is -0.910. The number of quaternary nitrogens is 2. The molecule has 0 amide bonds. The molecular formula is C10H21ClN5+. The second kappa shape index (κ2) is 4.53. The van der Waals surface area contributed by atoms with Crippen LogP contribution in [0, 0.1) is 0 Å². The maximum absolute atomic E-state index is 5.71. The lowest BCUT2D eigenvalue weighted by molar-refractivity contribution is -0.00000393. The Morgan fingerprint density at radius 2 is 1.19 bits per heavy atom. The molecule has 6 heteroatoms. The zero-order valence-electron chi connectivity index (χ0n) is 10.8. The van der Waals surface area contributed by atoms with Gasteiger partial charge in [0.05, 0.1) is 42.3 Å². The van der Waals surface area contributed by atoms with Gasteiger partial charge in [0.25, 0.3) is 0 Å². The smallest absolute Gasteiger partial charge is 0.238 e. The molecule has 0 aliphatic carbocycles. The molecule has 2 N–H and O–H groups in total. The van der Waals surface area contributed by atoms with Gasteiger partial charge in [-0.05, 0) is 0 Å². The molecule has 5 nitrogen and oxygen atoms in total. The lowest BCUT2D eigenvalue weighted by atomic mass is 10.4. The van der Waals surface area contributed by atoms with Crippen molar-refractivity contribution in [1.29, 1.82) is 0 Å². The first-order valence-electron chi connectivity index (χ1n) is 4.89. The van der Waals surface area contributed by atoms with Gasteiger partial charge in [-0.25, -0.2) is 0 Å². The molecule has 0 aliphatic heterocycles. The van der Waals surface area contributed by atoms with E-state index in [0.29, 0.717) is 14.9 Å². The van der Waals surface area contributed by atoms with Crippen LogP contribution in [0.15, 0.2) is 6.07 Å². The van der Waals surface area contributed by atoms with Gasteiger partial charge in [-0.3, -0.25) is 8.97 Å². The number of rotatable bonds is 2. The van der Waals surface area contributed by atoms with Crippen molar-refractivity contribution in [1.82, 2.24) is 18.9 Å². The van der Waals surface area contributed by atoms with Gasteiger partial charge in [-0.1, -0.05) is 0 Å². The van der Waals surface area contributed by atoms with Crippen molar-refractivity contribution in [2.24, 2.45) is 0 Å². The molecule has 0 saturated heterocycles. The predicted molar refractivity (Wildman–Crippen MR) is 65.6 cm³/mol. The summed E-state index contributed by atoms with van der Waals surface area (Å²) in [6.07, 6.45) is 0. The zero-order chi connectivity index (χ0) is 11.9. The summed E-state index contributed by atoms with van der Waals surface area (Å²) in [6, 6.07) is 2.00. The standard InChI is InChI=1S/C10H21N5.ClH/c1-14(2,3)8-7-9(15(4,5)6)13-10(11)12-8;/h7H,1-6H3,(H2,11,12,13);1H/q+2;/p-1. The van der Waals surface area contributed by atoms with Gasteiger partial charge in [-0.2, -0.15) is 9.97 Å². The van der Waals surface area contributed by atoms with Crippen LogP contribution in [-0.2, 0) is 0 Å². The van der Waals surface area contributed by atoms with Crippen LogP contribution < -0.4 is 27.1 Å². The maximum atomic E-state index is 5.71. The van der Waals surface area contributed by atoms with E-state index in [2.05, 4.69) is 52.3 Å². The molecule has 0 fully saturated rings. The van der Waals surface area contributed by atoms with Gasteiger partial charge in [0.2, 0.25) is 17.6 Å². The molecule has 0 atom stereocenters. The number of hydrogen-bond acceptors (Lipinski definition) is 3. The first-order valence-corrected chi connectivity index (χ1v) is 4.89. The third-order valence-corrected chi connectivity index (χ3v) is 2.09. The van der Waals surface area contributed by atoms with Gasteiger partial charge in [-0.15, -0.1) is 0 Å². The second-order valence-corrected chi connectivity index (χ2v) is 5.47. The average molecular weight is 247 g/mol. The van der Waals surface area contributed by atoms with Crippen molar-refractivity contribution >= 4 is 17.6 Å². The van der Waals surface area contributed by atoms with Crippen molar-refractivity contribution in [2.75, 3.05) is 48.0 Å². The summed E-state index contributed by atoms with van der Waals surface area (Å²) in [5.74, 6) is 2.18. The van der Waals surface area contributed by atoms with E-state index in [1.807, 2.05) is 6.07 Å². The van der Waals surface area contributed by atoms with E-state index >= 15 is 0 Å². The minimum absolute atomic E-state index is 0. The van der Waals surface area contributed by atoms with E-state index < -0.39 is 0 Å². The Morgan fingerprint density at radius 3 is 1.44 bits per heavy atom. The average Bonchev–Trinajstić information content (AvgIpc) is 1.99. The molecule has 0 radical (unpaired) electrons. The van der Waals surface area contributed by atoms with Crippen molar-refractivity contribution in [3.63, 3.8) is 0 Å². The molecule has 16 heavy (non-hydrogen) atoms. The quantitative estimate of drug-likeness (QED) is 0.585. The Labute approximate surface area is 103 Å². The molecule has 1 aromatic heterocycles. The molecule has 0 unspecified atom stereocenters. The molecule has 1 rings (SSSR count). The van der Waals surface area contributed by atoms with Crippen LogP contribution in [-0.4, -0.2) is 52.3 Å². The van der Waals surface area contributed by atoms with Crippen molar-refractivity contribution in [3.05, 3.63) is 6.07 Å². The van der Waals surface area contributed by atoms with Crippen LogP contribution in [0.1, 0.15) is 0 Å². The highest BCUT2D eigenvalue weighted by Gasteiger charge is 2.22. The summed E-state index contributed by atoms with van der Waals surface area (Å²) >= 11 is 0. The van der Waals surface area contributed by atoms with Crippen molar-refractivity contribution in [2.45, 2.75) is 0 Å². The first kappa shape index (κ1) is 15.1. The minimum Gasteiger partial charge on any atom is -1.00 e. The highest BCUT2D eigenvalue weighted by atomic mass is 35.5. The molecule has 0 bridgehead atoms. The van der Waals surface area contributed by atoms with E-state index in [1.165, 1.54) is 0 Å². The van der Waals surface area contributed by atoms with Crippen LogP contribution in [0.5, 0.6) is 0 Å². The SMILES string of the molecule is C[N+](C)(C)c1cc([N+](C)(C)C)nc(N)n1.[Cl-]. The fraction of sp³-hybridized carbons (Fsp3) is 0.600. The normalized spacial score (nSPS) is 12.1. The fourth-order valence-corrected chi connectivity index (χ4v) is 1.13. The summed E-state index contributed by atoms with van der Waals surface area (Å²) in [4.78, 5) is 8.49. The molecule has 92 valence electrons. The molecule has 0 saturated carbocycles. The highest BCUT2D eigenvalue weighted by Crippen LogP contribution is 2.22. The number of hydrogen-bond donors (Lipinski definition) is 1. The maximum Gasteiger partial charge on any atom is 0.238 e. The van der Waals surface area contributed by atoms with Gasteiger partial charge in [0.15, 0.2) is 0 Å². The summed E-state index contributed by atoms with van der Waals surface area (Å²) < 4.78 is 1.28. The summed E-state index contributed by atoms with van der Waals surface area (Å²) in [5, 5.41) is 0. The predicted octanol–water partition coefficient (Wildman–Crippen LogP) is -2.54. The minimum atomic E-state index is 0. The monoisotopic (exact) mass is 246 g/mol. The Bertz CT molecular complexity index is 332. The van der Waals surface area contributed by atoms with Gasteiger partial charge >= 0.3 is 0 Å². The van der Waals surface area contributed by atoms with Crippen molar-refractivity contribution < 1.29 is 12.4 Å². The number of nitrogen functional groups attached to an aromatic ring is 1. The second-order valence-electron chi connectivity index (χ2n) is 5.47. The fourth-order valence-electron chi connectivity index (χ4n) is 1.13. The van der Waals surface area contributed by atoms with Crippen LogP contribution in [0.3, 0.4) is 0 Å². The molecule has 1 heterocycles. The van der Waals surface area contributed by atoms with Crippen LogP contribution in [0.2, 0.25) is 0 Å². The Kier molecular flexibility index (Phi) is 4.27. The summed E-state index contributed by atoms with van der Waals surface area (Å²) in [5.41, 5.74) is 5.71. The first-order chi connectivity index (χ1) is 6.60. The van der Waals surface area contributed by atoms with Crippen LogP contribution >= 0.6 is 0 Å². The Balaban J connectivity index is 0.00000225. The van der Waals surface area contributed by atoms with Crippen LogP contribution in [0.25, 0.3) is 0 Å². The van der Waals surface area contributed by atoms with E-state index in [9.17, 15) is 0 Å². The van der Waals surface area contributed by atoms with Crippen molar-refractivity contribution in [3.8, 4) is 0 Å². The molecular weight excluding hydrogens is 226 g/mol. The zero-order valence-corrected chi connectivity index (χ0v) is 11.6. The van der Waals surface area contributed by atoms with E-state index in [-0.39, 0.29) is 12.4 Å². The third kappa shape index (κ3) is 3.59. The molecule has 0 spiro atoms. The van der Waals surface area contributed by atoms with Gasteiger partial charge < -0.3 is 18.1 Å². The van der Waals surface area contributed by atoms with E-state index in [4.69, 9.17) is 5.73 Å². The largest absolute Gasteiger partial charge is 1.00 e. The highest BCUT2D eigenvalue weighted by molar-refractivity contribution is 5.48. The summed E-state index contributed by atoms with van der Waals surface area (Å²) in [7, 11) is 12.3. The molecule has 1 aromatic rings. The molecule has 0 aromatic carbocycles. The van der Waals surface area contributed by atoms with Crippen LogP contribution in [0.4, 0.5) is 17.6 Å². The number of halogens is 1. The lowest BCUT2D eigenvalue weighted by Crippen LogP contribution is -3.00. The topological polar surface area (TPSA) is 51.8 Å². The Morgan fingerprint density at radius 1 is 0.875 bits per heavy atom. The number of nitrogens with zero attached hydrogens (tertiary/aromatic N) is 4. The van der Waals surface area contributed by atoms with Gasteiger partial charge in [0.1, 0.15) is 6.07 Å².